The number of nitrogen functional groups attached to an aromatic ring is 1. The zero-order chi connectivity index (χ0) is 16.8. The van der Waals surface area contributed by atoms with Crippen molar-refractivity contribution in [2.75, 3.05) is 5.73 Å². The lowest BCUT2D eigenvalue weighted by Gasteiger charge is -2.13. The number of nitrogens with two attached hydrogens (primary N) is 1. The predicted octanol–water partition coefficient (Wildman–Crippen LogP) is 0.844. The van der Waals surface area contributed by atoms with Crippen LogP contribution in [-0.2, 0) is 22.2 Å². The van der Waals surface area contributed by atoms with Crippen LogP contribution in [-0.4, -0.2) is 26.3 Å². The molecule has 0 spiro atoms. The molecule has 1 unspecified atom stereocenters. The molecule has 1 aromatic heterocycles. The van der Waals surface area contributed by atoms with Gasteiger partial charge in [0.05, 0.1) is 5.56 Å². The molecular weight excluding hydrogens is 316 g/mol. The van der Waals surface area contributed by atoms with Gasteiger partial charge in [-0.2, -0.15) is 5.26 Å². The normalized spacial score (nSPS) is 13.0. The van der Waals surface area contributed by atoms with Gasteiger partial charge in [-0.1, -0.05) is 12.1 Å². The number of pyridine rings is 1. The fourth-order valence-corrected chi connectivity index (χ4v) is 2.72. The van der Waals surface area contributed by atoms with Crippen molar-refractivity contribution in [3.05, 3.63) is 53.7 Å². The number of aromatic nitrogens is 1. The summed E-state index contributed by atoms with van der Waals surface area (Å²) in [7, 11) is -1.80. The van der Waals surface area contributed by atoms with E-state index in [0.717, 1.165) is 5.56 Å². The number of nitriles is 1. The number of carbonyl (C=O) groups is 1. The zero-order valence-electron chi connectivity index (χ0n) is 12.0. The lowest BCUT2D eigenvalue weighted by Crippen LogP contribution is -2.39. The average Bonchev–Trinajstić information content (AvgIpc) is 2.56. The molecule has 1 aromatic carbocycles. The minimum atomic E-state index is -1.80. The first-order chi connectivity index (χ1) is 11.0. The molecule has 0 amide bonds. The Bertz CT molecular complexity index is 754. The molecular formula is C15H14N4O3S. The van der Waals surface area contributed by atoms with Crippen LogP contribution in [0.4, 0.5) is 5.69 Å². The molecule has 1 heterocycles. The van der Waals surface area contributed by atoms with E-state index in [-0.39, 0.29) is 11.4 Å². The molecule has 0 aliphatic rings. The number of rotatable bonds is 6. The minimum Gasteiger partial charge on any atom is -0.480 e. The number of benzene rings is 1. The van der Waals surface area contributed by atoms with Crippen LogP contribution in [0.3, 0.4) is 0 Å². The molecule has 0 fully saturated rings. The van der Waals surface area contributed by atoms with Crippen LogP contribution >= 0.6 is 0 Å². The molecule has 0 saturated carbocycles. The molecule has 8 heteroatoms. The highest BCUT2D eigenvalue weighted by molar-refractivity contribution is 7.83. The van der Waals surface area contributed by atoms with Gasteiger partial charge in [-0.25, -0.2) is 13.9 Å². The highest BCUT2D eigenvalue weighted by atomic mass is 32.2. The number of carboxylic acid groups (broad SMARTS) is 1. The average molecular weight is 330 g/mol. The molecule has 118 valence electrons. The van der Waals surface area contributed by atoms with E-state index < -0.39 is 23.0 Å². The van der Waals surface area contributed by atoms with Gasteiger partial charge in [0.25, 0.3) is 0 Å². The molecule has 2 atom stereocenters. The van der Waals surface area contributed by atoms with Gasteiger partial charge in [0.15, 0.2) is 0 Å². The summed E-state index contributed by atoms with van der Waals surface area (Å²) in [5.74, 6) is -1.12. The number of aliphatic carboxylic acids is 1. The van der Waals surface area contributed by atoms with E-state index in [1.54, 1.807) is 24.3 Å². The Hall–Kier alpha value is -2.76. The molecule has 0 bridgehead atoms. The Labute approximate surface area is 135 Å². The lowest BCUT2D eigenvalue weighted by molar-refractivity contribution is -0.138. The molecule has 7 nitrogen and oxygen atoms in total. The summed E-state index contributed by atoms with van der Waals surface area (Å²) in [5.41, 5.74) is 7.26. The van der Waals surface area contributed by atoms with E-state index in [0.29, 0.717) is 11.3 Å². The summed E-state index contributed by atoms with van der Waals surface area (Å²) in [6, 6.07) is 10.5. The molecule has 2 aromatic rings. The SMILES string of the molecule is N#Cc1ccc(S(=O)N[C@H](Cc2ccc(N)cc2)C(=O)O)nc1. The maximum Gasteiger partial charge on any atom is 0.321 e. The Balaban J connectivity index is 2.09. The second-order valence-electron chi connectivity index (χ2n) is 4.72. The van der Waals surface area contributed by atoms with Crippen LogP contribution in [0.1, 0.15) is 11.1 Å². The van der Waals surface area contributed by atoms with Crippen molar-refractivity contribution in [3.63, 3.8) is 0 Å². The van der Waals surface area contributed by atoms with Crippen LogP contribution < -0.4 is 10.5 Å². The van der Waals surface area contributed by atoms with Gasteiger partial charge in [0.2, 0.25) is 0 Å². The van der Waals surface area contributed by atoms with E-state index >= 15 is 0 Å². The fraction of sp³-hybridized carbons (Fsp3) is 0.133. The summed E-state index contributed by atoms with van der Waals surface area (Å²) in [6.07, 6.45) is 1.43. The number of hydrogen-bond donors (Lipinski definition) is 3. The van der Waals surface area contributed by atoms with Gasteiger partial charge >= 0.3 is 5.97 Å². The van der Waals surface area contributed by atoms with E-state index in [4.69, 9.17) is 11.0 Å². The van der Waals surface area contributed by atoms with Gasteiger partial charge in [0.1, 0.15) is 28.1 Å². The molecule has 0 aliphatic heterocycles. The molecule has 23 heavy (non-hydrogen) atoms. The van der Waals surface area contributed by atoms with E-state index in [1.807, 2.05) is 6.07 Å². The summed E-state index contributed by atoms with van der Waals surface area (Å²) >= 11 is 0. The number of nitrogens with one attached hydrogen (secondary N) is 1. The largest absolute Gasteiger partial charge is 0.480 e. The third-order valence-corrected chi connectivity index (χ3v) is 4.14. The number of hydrogen-bond acceptors (Lipinski definition) is 5. The molecule has 2 rings (SSSR count). The van der Waals surface area contributed by atoms with Crippen LogP contribution in [0.25, 0.3) is 0 Å². The second-order valence-corrected chi connectivity index (χ2v) is 5.91. The van der Waals surface area contributed by atoms with Crippen molar-refractivity contribution in [2.24, 2.45) is 0 Å². The van der Waals surface area contributed by atoms with Gasteiger partial charge in [0, 0.05) is 11.9 Å². The van der Waals surface area contributed by atoms with Crippen molar-refractivity contribution in [1.82, 2.24) is 9.71 Å². The van der Waals surface area contributed by atoms with E-state index in [2.05, 4.69) is 9.71 Å². The first kappa shape index (κ1) is 16.6. The summed E-state index contributed by atoms with van der Waals surface area (Å²) in [5, 5.41) is 18.1. The number of carboxylic acids is 1. The topological polar surface area (TPSA) is 129 Å². The van der Waals surface area contributed by atoms with Gasteiger partial charge in [-0.15, -0.1) is 0 Å². The van der Waals surface area contributed by atoms with Crippen LogP contribution in [0, 0.1) is 11.3 Å². The van der Waals surface area contributed by atoms with Crippen molar-refractivity contribution in [1.29, 1.82) is 5.26 Å². The first-order valence-electron chi connectivity index (χ1n) is 6.61. The van der Waals surface area contributed by atoms with Crippen molar-refractivity contribution in [3.8, 4) is 6.07 Å². The highest BCUT2D eigenvalue weighted by Crippen LogP contribution is 2.10. The maximum absolute atomic E-state index is 12.2. The summed E-state index contributed by atoms with van der Waals surface area (Å²) in [4.78, 5) is 15.2. The van der Waals surface area contributed by atoms with Gasteiger partial charge < -0.3 is 10.8 Å². The smallest absolute Gasteiger partial charge is 0.321 e. The molecule has 0 saturated heterocycles. The molecule has 0 aliphatic carbocycles. The minimum absolute atomic E-state index is 0.150. The van der Waals surface area contributed by atoms with Gasteiger partial charge in [-0.05, 0) is 36.2 Å². The first-order valence-corrected chi connectivity index (χ1v) is 7.76. The predicted molar refractivity (Wildman–Crippen MR) is 84.5 cm³/mol. The van der Waals surface area contributed by atoms with Crippen molar-refractivity contribution < 1.29 is 14.1 Å². The Morgan fingerprint density at radius 2 is 2.04 bits per heavy atom. The summed E-state index contributed by atoms with van der Waals surface area (Å²) in [6.45, 7) is 0. The number of anilines is 1. The van der Waals surface area contributed by atoms with E-state index in [1.165, 1.54) is 18.3 Å². The summed E-state index contributed by atoms with van der Waals surface area (Å²) < 4.78 is 14.7. The third kappa shape index (κ3) is 4.60. The highest BCUT2D eigenvalue weighted by Gasteiger charge is 2.21. The Kier molecular flexibility index (Phi) is 5.41. The van der Waals surface area contributed by atoms with E-state index in [9.17, 15) is 14.1 Å². The Morgan fingerprint density at radius 3 is 2.57 bits per heavy atom. The Morgan fingerprint density at radius 1 is 1.35 bits per heavy atom. The van der Waals surface area contributed by atoms with Crippen LogP contribution in [0.5, 0.6) is 0 Å². The molecule has 4 N–H and O–H groups in total. The zero-order valence-corrected chi connectivity index (χ0v) is 12.8. The quantitative estimate of drug-likeness (QED) is 0.673. The monoisotopic (exact) mass is 330 g/mol. The standard InChI is InChI=1S/C15H14N4O3S/c16-8-11-3-6-14(18-9-11)23(22)19-13(15(20)21)7-10-1-4-12(17)5-2-10/h1-6,9,13,19H,7,17H2,(H,20,21)/t13-,23?/m1/s1. The third-order valence-electron chi connectivity index (χ3n) is 3.02. The van der Waals surface area contributed by atoms with Gasteiger partial charge in [-0.3, -0.25) is 4.79 Å². The van der Waals surface area contributed by atoms with Crippen LogP contribution in [0.2, 0.25) is 0 Å². The lowest BCUT2D eigenvalue weighted by atomic mass is 10.1. The van der Waals surface area contributed by atoms with Crippen LogP contribution in [0.15, 0.2) is 47.6 Å². The second kappa shape index (κ2) is 7.49. The number of nitrogens with zero attached hydrogens (tertiary/aromatic N) is 2. The van der Waals surface area contributed by atoms with Crippen molar-refractivity contribution in [2.45, 2.75) is 17.5 Å². The van der Waals surface area contributed by atoms with Crippen molar-refractivity contribution >= 4 is 22.6 Å². The molecule has 0 radical (unpaired) electrons. The fourth-order valence-electron chi connectivity index (χ4n) is 1.81. The maximum atomic E-state index is 12.2.